The van der Waals surface area contributed by atoms with E-state index in [4.69, 9.17) is 4.74 Å². The molecule has 48 heavy (non-hydrogen) atoms. The van der Waals surface area contributed by atoms with Crippen LogP contribution in [-0.4, -0.2) is 120 Å². The van der Waals surface area contributed by atoms with Gasteiger partial charge in [0.25, 0.3) is 0 Å². The first-order valence-electron chi connectivity index (χ1n) is 17.2. The maximum absolute atomic E-state index is 15.6. The first-order valence-corrected chi connectivity index (χ1v) is 18.2. The summed E-state index contributed by atoms with van der Waals surface area (Å²) in [6, 6.07) is 13.0. The number of hydrogen-bond donors (Lipinski definition) is 1. The lowest BCUT2D eigenvalue weighted by Crippen LogP contribution is -2.53. The van der Waals surface area contributed by atoms with Crippen LogP contribution >= 0.6 is 11.8 Å². The molecule has 0 bridgehead atoms. The largest absolute Gasteiger partial charge is 0.383 e. The smallest absolute Gasteiger partial charge is 0.322 e. The summed E-state index contributed by atoms with van der Waals surface area (Å²) in [5, 5.41) is 2.06. The van der Waals surface area contributed by atoms with E-state index < -0.39 is 10.6 Å². The summed E-state index contributed by atoms with van der Waals surface area (Å²) in [6.07, 6.45) is 2.26. The summed E-state index contributed by atoms with van der Waals surface area (Å²) in [7, 11) is 1.60. The molecule has 6 rings (SSSR count). The van der Waals surface area contributed by atoms with E-state index in [2.05, 4.69) is 35.9 Å². The van der Waals surface area contributed by atoms with Crippen LogP contribution < -0.4 is 10.2 Å². The quantitative estimate of drug-likeness (QED) is 0.429. The van der Waals surface area contributed by atoms with Crippen molar-refractivity contribution >= 4 is 41.0 Å². The Morgan fingerprint density at radius 1 is 0.979 bits per heavy atom. The van der Waals surface area contributed by atoms with Crippen LogP contribution in [-0.2, 0) is 20.7 Å². The van der Waals surface area contributed by atoms with Crippen molar-refractivity contribution in [3.05, 3.63) is 59.4 Å². The number of carbonyl (C=O) groups is 3. The Morgan fingerprint density at radius 3 is 2.42 bits per heavy atom. The van der Waals surface area contributed by atoms with E-state index in [9.17, 15) is 14.4 Å². The number of carbonyl (C=O) groups excluding carboxylic acids is 3. The SMILES string of the molecule is COCCN1C(=O)[C@H](CC(=O)N2CCC(N3CCc4ccccc4NC3=O)CC2)SC1c1cccc(F)c1N1CCN(C(C)(C)C)CC1. The minimum absolute atomic E-state index is 0.0397. The number of piperidine rings is 1. The molecule has 1 N–H and O–H groups in total. The van der Waals surface area contributed by atoms with Crippen molar-refractivity contribution in [3.8, 4) is 0 Å². The molecular formula is C36H49FN6O4S. The fourth-order valence-electron chi connectivity index (χ4n) is 7.50. The molecule has 10 nitrogen and oxygen atoms in total. The minimum Gasteiger partial charge on any atom is -0.383 e. The molecular weight excluding hydrogens is 631 g/mol. The highest BCUT2D eigenvalue weighted by Crippen LogP contribution is 2.48. The van der Waals surface area contributed by atoms with Crippen LogP contribution in [0.3, 0.4) is 0 Å². The van der Waals surface area contributed by atoms with Gasteiger partial charge in [0.2, 0.25) is 11.8 Å². The van der Waals surface area contributed by atoms with Gasteiger partial charge < -0.3 is 29.7 Å². The zero-order valence-corrected chi connectivity index (χ0v) is 29.4. The molecule has 2 aromatic carbocycles. The molecule has 12 heteroatoms. The van der Waals surface area contributed by atoms with Crippen LogP contribution in [0.1, 0.15) is 56.5 Å². The molecule has 4 heterocycles. The molecule has 4 aliphatic heterocycles. The van der Waals surface area contributed by atoms with Crippen molar-refractivity contribution in [2.24, 2.45) is 0 Å². The van der Waals surface area contributed by atoms with Crippen molar-refractivity contribution in [2.45, 2.75) is 68.7 Å². The Morgan fingerprint density at radius 2 is 1.71 bits per heavy atom. The standard InChI is InChI=1S/C36H49FN6O4S/c1-36(2,3)41-20-18-40(19-21-41)32-27(9-7-10-28(32)37)34-43(22-23-47-4)33(45)30(48-34)24-31(44)39-15-13-26(14-16-39)42-17-12-25-8-5-6-11-29(25)38-35(42)46/h5-11,26,30,34H,12-24H2,1-4H3,(H,38,46)/t30-,34?/m0/s1. The van der Waals surface area contributed by atoms with Gasteiger partial charge in [0.05, 0.1) is 17.5 Å². The summed E-state index contributed by atoms with van der Waals surface area (Å²) in [5.41, 5.74) is 3.35. The number of thioether (sulfide) groups is 1. The lowest BCUT2D eigenvalue weighted by atomic mass is 10.0. The average molecular weight is 681 g/mol. The van der Waals surface area contributed by atoms with Gasteiger partial charge in [-0.05, 0) is 57.7 Å². The molecule has 4 aliphatic rings. The molecule has 2 atom stereocenters. The number of fused-ring (bicyclic) bond motifs is 1. The third kappa shape index (κ3) is 7.30. The van der Waals surface area contributed by atoms with Crippen LogP contribution in [0.4, 0.5) is 20.6 Å². The number of ether oxygens (including phenoxy) is 1. The minimum atomic E-state index is -0.569. The van der Waals surface area contributed by atoms with E-state index in [0.29, 0.717) is 64.4 Å². The van der Waals surface area contributed by atoms with E-state index in [-0.39, 0.29) is 41.7 Å². The van der Waals surface area contributed by atoms with Gasteiger partial charge in [-0.3, -0.25) is 14.5 Å². The molecule has 1 unspecified atom stereocenters. The number of methoxy groups -OCH3 is 1. The van der Waals surface area contributed by atoms with Gasteiger partial charge in [-0.2, -0.15) is 0 Å². The van der Waals surface area contributed by atoms with Crippen LogP contribution in [0.25, 0.3) is 0 Å². The van der Waals surface area contributed by atoms with Gasteiger partial charge in [-0.15, -0.1) is 11.8 Å². The fraction of sp³-hybridized carbons (Fsp3) is 0.583. The number of halogens is 1. The Balaban J connectivity index is 1.11. The van der Waals surface area contributed by atoms with Crippen LogP contribution in [0.2, 0.25) is 0 Å². The van der Waals surface area contributed by atoms with Crippen molar-refractivity contribution in [3.63, 3.8) is 0 Å². The van der Waals surface area contributed by atoms with E-state index in [0.717, 1.165) is 36.3 Å². The maximum atomic E-state index is 15.6. The number of amides is 4. The first kappa shape index (κ1) is 34.5. The molecule has 0 saturated carbocycles. The zero-order valence-electron chi connectivity index (χ0n) is 28.6. The fourth-order valence-corrected chi connectivity index (χ4v) is 8.99. The predicted molar refractivity (Wildman–Crippen MR) is 188 cm³/mol. The number of piperazine rings is 1. The Hall–Kier alpha value is -3.35. The monoisotopic (exact) mass is 680 g/mol. The topological polar surface area (TPSA) is 88.7 Å². The molecule has 3 saturated heterocycles. The third-order valence-corrected chi connectivity index (χ3v) is 11.7. The van der Waals surface area contributed by atoms with Crippen molar-refractivity contribution in [2.75, 3.05) is 76.3 Å². The second-order valence-electron chi connectivity index (χ2n) is 14.2. The van der Waals surface area contributed by atoms with E-state index in [1.165, 1.54) is 17.8 Å². The van der Waals surface area contributed by atoms with Gasteiger partial charge in [-0.25, -0.2) is 9.18 Å². The summed E-state index contributed by atoms with van der Waals surface area (Å²) in [6.45, 7) is 12.1. The van der Waals surface area contributed by atoms with Gasteiger partial charge in [-0.1, -0.05) is 30.3 Å². The number of para-hydroxylation sites is 2. The number of urea groups is 1. The summed E-state index contributed by atoms with van der Waals surface area (Å²) in [4.78, 5) is 50.6. The molecule has 260 valence electrons. The molecule has 0 aliphatic carbocycles. The second kappa shape index (κ2) is 14.6. The number of nitrogens with one attached hydrogen (secondary N) is 1. The Bertz CT molecular complexity index is 1490. The van der Waals surface area contributed by atoms with Crippen molar-refractivity contribution in [1.29, 1.82) is 0 Å². The number of benzene rings is 2. The lowest BCUT2D eigenvalue weighted by Gasteiger charge is -2.43. The van der Waals surface area contributed by atoms with Crippen LogP contribution in [0.5, 0.6) is 0 Å². The molecule has 0 aromatic heterocycles. The summed E-state index contributed by atoms with van der Waals surface area (Å²) < 4.78 is 21.0. The van der Waals surface area contributed by atoms with Gasteiger partial charge in [0.1, 0.15) is 11.2 Å². The Kier molecular flexibility index (Phi) is 10.5. The number of hydrogen-bond acceptors (Lipinski definition) is 7. The van der Waals surface area contributed by atoms with Gasteiger partial charge in [0.15, 0.2) is 0 Å². The zero-order chi connectivity index (χ0) is 34.0. The number of rotatable bonds is 8. The lowest BCUT2D eigenvalue weighted by molar-refractivity contribution is -0.137. The highest BCUT2D eigenvalue weighted by atomic mass is 32.2. The summed E-state index contributed by atoms with van der Waals surface area (Å²) in [5.74, 6) is -0.461. The van der Waals surface area contributed by atoms with E-state index in [1.807, 2.05) is 40.1 Å². The third-order valence-electron chi connectivity index (χ3n) is 10.3. The van der Waals surface area contributed by atoms with Gasteiger partial charge in [0, 0.05) is 88.7 Å². The second-order valence-corrected chi connectivity index (χ2v) is 15.5. The highest BCUT2D eigenvalue weighted by Gasteiger charge is 2.44. The number of likely N-dealkylation sites (tertiary alicyclic amines) is 1. The van der Waals surface area contributed by atoms with Gasteiger partial charge >= 0.3 is 6.03 Å². The molecule has 2 aromatic rings. The van der Waals surface area contributed by atoms with Crippen LogP contribution in [0, 0.1) is 5.82 Å². The van der Waals surface area contributed by atoms with Crippen molar-refractivity contribution in [1.82, 2.24) is 19.6 Å². The molecule has 0 spiro atoms. The molecule has 4 amide bonds. The van der Waals surface area contributed by atoms with Crippen molar-refractivity contribution < 1.29 is 23.5 Å². The normalized spacial score (nSPS) is 22.9. The first-order chi connectivity index (χ1) is 23.0. The van der Waals surface area contributed by atoms with E-state index in [1.54, 1.807) is 18.1 Å². The number of nitrogens with zero attached hydrogens (tertiary/aromatic N) is 5. The number of anilines is 2. The molecule has 3 fully saturated rings. The highest BCUT2D eigenvalue weighted by molar-refractivity contribution is 8.01. The maximum Gasteiger partial charge on any atom is 0.322 e. The Labute approximate surface area is 287 Å². The predicted octanol–water partition coefficient (Wildman–Crippen LogP) is 4.81. The van der Waals surface area contributed by atoms with Crippen LogP contribution in [0.15, 0.2) is 42.5 Å². The average Bonchev–Trinajstić information content (AvgIpc) is 3.26. The summed E-state index contributed by atoms with van der Waals surface area (Å²) >= 11 is 1.44. The molecule has 0 radical (unpaired) electrons. The van der Waals surface area contributed by atoms with E-state index >= 15 is 4.39 Å².